The van der Waals surface area contributed by atoms with Crippen molar-refractivity contribution in [2.45, 2.75) is 57.0 Å². The lowest BCUT2D eigenvalue weighted by Crippen LogP contribution is -2.30. The number of primary sulfonamides is 1. The van der Waals surface area contributed by atoms with Crippen molar-refractivity contribution < 1.29 is 13.2 Å². The Kier molecular flexibility index (Phi) is 5.57. The quantitative estimate of drug-likeness (QED) is 0.669. The van der Waals surface area contributed by atoms with E-state index in [4.69, 9.17) is 10.1 Å². The highest BCUT2D eigenvalue weighted by Gasteiger charge is 2.25. The molecule has 1 amide bonds. The number of hydrogen-bond donors (Lipinski definition) is 1. The number of carbonyl (C=O) groups is 1. The molecule has 164 valence electrons. The summed E-state index contributed by atoms with van der Waals surface area (Å²) in [7, 11) is -2.11. The number of rotatable bonds is 4. The molecule has 0 saturated heterocycles. The average molecular weight is 442 g/mol. The minimum atomic E-state index is -3.82. The summed E-state index contributed by atoms with van der Waals surface area (Å²) < 4.78 is 25.6. The fraction of sp³-hybridized carbons (Fsp3) is 0.409. The fourth-order valence-corrected chi connectivity index (χ4v) is 4.69. The van der Waals surface area contributed by atoms with Crippen molar-refractivity contribution in [2.24, 2.45) is 5.14 Å². The lowest BCUT2D eigenvalue weighted by Gasteiger charge is -2.26. The van der Waals surface area contributed by atoms with E-state index in [9.17, 15) is 13.2 Å². The van der Waals surface area contributed by atoms with Gasteiger partial charge in [-0.15, -0.1) is 0 Å². The van der Waals surface area contributed by atoms with E-state index in [1.54, 1.807) is 30.1 Å². The first-order valence-corrected chi connectivity index (χ1v) is 12.0. The second-order valence-electron chi connectivity index (χ2n) is 8.18. The molecule has 1 aromatic carbocycles. The first-order chi connectivity index (χ1) is 14.7. The highest BCUT2D eigenvalue weighted by Crippen LogP contribution is 2.27. The number of nitrogens with two attached hydrogens (primary N) is 1. The van der Waals surface area contributed by atoms with Crippen LogP contribution < -0.4 is 5.14 Å². The molecule has 4 rings (SSSR count). The summed E-state index contributed by atoms with van der Waals surface area (Å²) in [5.41, 5.74) is 3.35. The van der Waals surface area contributed by atoms with E-state index in [0.29, 0.717) is 16.6 Å². The Morgan fingerprint density at radius 1 is 1.19 bits per heavy atom. The summed E-state index contributed by atoms with van der Waals surface area (Å²) in [5, 5.41) is 5.26. The zero-order chi connectivity index (χ0) is 22.3. The molecule has 0 saturated carbocycles. The second kappa shape index (κ2) is 8.05. The third kappa shape index (κ3) is 4.07. The van der Waals surface area contributed by atoms with E-state index in [0.717, 1.165) is 43.0 Å². The predicted octanol–water partition coefficient (Wildman–Crippen LogP) is 2.95. The van der Waals surface area contributed by atoms with Crippen LogP contribution in [0.1, 0.15) is 59.7 Å². The molecule has 0 spiro atoms. The summed E-state index contributed by atoms with van der Waals surface area (Å²) in [6.45, 7) is 4.60. The fourth-order valence-electron chi connectivity index (χ4n) is 4.12. The van der Waals surface area contributed by atoms with Gasteiger partial charge < -0.3 is 9.47 Å². The summed E-state index contributed by atoms with van der Waals surface area (Å²) >= 11 is 0. The molecule has 1 unspecified atom stereocenters. The number of fused-ring (bicyclic) bond motifs is 3. The highest BCUT2D eigenvalue weighted by molar-refractivity contribution is 7.89. The van der Waals surface area contributed by atoms with Crippen LogP contribution in [0.5, 0.6) is 0 Å². The third-order valence-corrected chi connectivity index (χ3v) is 6.90. The smallest absolute Gasteiger partial charge is 0.256 e. The molecule has 2 N–H and O–H groups in total. The zero-order valence-electron chi connectivity index (χ0n) is 18.0. The predicted molar refractivity (Wildman–Crippen MR) is 118 cm³/mol. The molecule has 8 nitrogen and oxygen atoms in total. The second-order valence-corrected chi connectivity index (χ2v) is 9.74. The van der Waals surface area contributed by atoms with Gasteiger partial charge in [0.2, 0.25) is 10.0 Å². The average Bonchev–Trinajstić information content (AvgIpc) is 2.92. The highest BCUT2D eigenvalue weighted by atomic mass is 32.2. The van der Waals surface area contributed by atoms with Crippen molar-refractivity contribution in [3.05, 3.63) is 53.0 Å². The number of benzene rings is 1. The Morgan fingerprint density at radius 3 is 2.71 bits per heavy atom. The summed E-state index contributed by atoms with van der Waals surface area (Å²) in [5.74, 6) is 0.800. The largest absolute Gasteiger partial charge is 0.335 e. The van der Waals surface area contributed by atoms with Crippen LogP contribution in [0.4, 0.5) is 0 Å². The number of amides is 1. The molecular formula is C22H27N5O3S. The summed E-state index contributed by atoms with van der Waals surface area (Å²) in [6.07, 6.45) is 4.22. The van der Waals surface area contributed by atoms with Gasteiger partial charge in [-0.05, 0) is 50.5 Å². The number of aromatic nitrogens is 3. The maximum absolute atomic E-state index is 13.5. The molecule has 0 aliphatic carbocycles. The Labute approximate surface area is 182 Å². The molecule has 31 heavy (non-hydrogen) atoms. The van der Waals surface area contributed by atoms with Gasteiger partial charge >= 0.3 is 0 Å². The SMILES string of the molecule is Cc1cc(C(=O)N(C)C(C)c2cccc(S(N)(=O)=O)c2)c2nc3n(c2n1)CCCCC3. The summed E-state index contributed by atoms with van der Waals surface area (Å²) in [6, 6.07) is 7.79. The molecular weight excluding hydrogens is 414 g/mol. The first-order valence-electron chi connectivity index (χ1n) is 10.4. The van der Waals surface area contributed by atoms with Gasteiger partial charge in [-0.25, -0.2) is 23.5 Å². The standard InChI is InChI=1S/C22H27N5O3S/c1-14-12-18(20-21(24-14)27-11-6-4-5-10-19(27)25-20)22(28)26(3)15(2)16-8-7-9-17(13-16)31(23,29)30/h7-9,12-13,15H,4-6,10-11H2,1-3H3,(H2,23,29,30). The number of pyridine rings is 1. The molecule has 2 aromatic heterocycles. The number of sulfonamides is 1. The maximum atomic E-state index is 13.5. The number of imidazole rings is 1. The zero-order valence-corrected chi connectivity index (χ0v) is 18.8. The molecule has 0 fully saturated rings. The Morgan fingerprint density at radius 2 is 1.97 bits per heavy atom. The van der Waals surface area contributed by atoms with Crippen LogP contribution in [0.2, 0.25) is 0 Å². The number of aryl methyl sites for hydroxylation is 3. The van der Waals surface area contributed by atoms with E-state index >= 15 is 0 Å². The van der Waals surface area contributed by atoms with Gasteiger partial charge in [0, 0.05) is 25.7 Å². The van der Waals surface area contributed by atoms with Crippen LogP contribution in [0.3, 0.4) is 0 Å². The third-order valence-electron chi connectivity index (χ3n) is 5.99. The van der Waals surface area contributed by atoms with Crippen molar-refractivity contribution in [3.8, 4) is 0 Å². The Bertz CT molecular complexity index is 1270. The van der Waals surface area contributed by atoms with Gasteiger partial charge in [0.05, 0.1) is 16.5 Å². The lowest BCUT2D eigenvalue weighted by molar-refractivity contribution is 0.0744. The minimum absolute atomic E-state index is 0.0256. The van der Waals surface area contributed by atoms with Crippen molar-refractivity contribution in [2.75, 3.05) is 7.05 Å². The van der Waals surface area contributed by atoms with Crippen LogP contribution in [0.25, 0.3) is 11.2 Å². The van der Waals surface area contributed by atoms with Gasteiger partial charge in [-0.2, -0.15) is 0 Å². The Balaban J connectivity index is 1.72. The van der Waals surface area contributed by atoms with Crippen molar-refractivity contribution in [3.63, 3.8) is 0 Å². The lowest BCUT2D eigenvalue weighted by atomic mass is 10.1. The van der Waals surface area contributed by atoms with Crippen molar-refractivity contribution in [1.29, 1.82) is 0 Å². The van der Waals surface area contributed by atoms with E-state index in [2.05, 4.69) is 9.55 Å². The van der Waals surface area contributed by atoms with Gasteiger partial charge in [0.1, 0.15) is 11.3 Å². The summed E-state index contributed by atoms with van der Waals surface area (Å²) in [4.78, 5) is 24.6. The monoisotopic (exact) mass is 441 g/mol. The minimum Gasteiger partial charge on any atom is -0.335 e. The van der Waals surface area contributed by atoms with E-state index in [1.165, 1.54) is 18.6 Å². The molecule has 1 atom stereocenters. The molecule has 1 aliphatic rings. The van der Waals surface area contributed by atoms with Crippen LogP contribution in [0.15, 0.2) is 35.2 Å². The van der Waals surface area contributed by atoms with Crippen LogP contribution in [-0.4, -0.2) is 40.8 Å². The van der Waals surface area contributed by atoms with E-state index in [-0.39, 0.29) is 16.8 Å². The molecule has 9 heteroatoms. The van der Waals surface area contributed by atoms with Crippen LogP contribution >= 0.6 is 0 Å². The Hall–Kier alpha value is -2.78. The van der Waals surface area contributed by atoms with Crippen LogP contribution in [-0.2, 0) is 23.0 Å². The number of carbonyl (C=O) groups excluding carboxylic acids is 1. The van der Waals surface area contributed by atoms with Gasteiger partial charge in [-0.1, -0.05) is 18.6 Å². The van der Waals surface area contributed by atoms with Gasteiger partial charge in [0.15, 0.2) is 5.65 Å². The van der Waals surface area contributed by atoms with Crippen molar-refractivity contribution >= 4 is 27.1 Å². The maximum Gasteiger partial charge on any atom is 0.256 e. The van der Waals surface area contributed by atoms with Crippen LogP contribution in [0, 0.1) is 6.92 Å². The molecule has 3 aromatic rings. The van der Waals surface area contributed by atoms with E-state index < -0.39 is 10.0 Å². The molecule has 0 radical (unpaired) electrons. The normalized spacial score (nSPS) is 15.4. The van der Waals surface area contributed by atoms with Gasteiger partial charge in [-0.3, -0.25) is 4.79 Å². The van der Waals surface area contributed by atoms with Gasteiger partial charge in [0.25, 0.3) is 5.91 Å². The molecule has 3 heterocycles. The number of hydrogen-bond acceptors (Lipinski definition) is 5. The van der Waals surface area contributed by atoms with Crippen molar-refractivity contribution in [1.82, 2.24) is 19.4 Å². The molecule has 0 bridgehead atoms. The van der Waals surface area contributed by atoms with E-state index in [1.807, 2.05) is 13.8 Å². The number of nitrogens with zero attached hydrogens (tertiary/aromatic N) is 4. The topological polar surface area (TPSA) is 111 Å². The first kappa shape index (κ1) is 21.5. The molecule has 1 aliphatic heterocycles.